The van der Waals surface area contributed by atoms with Gasteiger partial charge in [-0.3, -0.25) is 4.79 Å². The summed E-state index contributed by atoms with van der Waals surface area (Å²) in [6, 6.07) is 0.609. The fourth-order valence-corrected chi connectivity index (χ4v) is 3.17. The standard InChI is InChI=1S/C14H17N3OS/c1-7-12(9(3)18)8(2)15-13(7)11-6-19-14(17-11)16-10-4-5-10/h6,10,15H,4-5H2,1-3H3,(H,16,17). The number of hydrogen-bond acceptors (Lipinski definition) is 4. The van der Waals surface area contributed by atoms with Gasteiger partial charge in [-0.15, -0.1) is 11.3 Å². The fourth-order valence-electron chi connectivity index (χ4n) is 2.39. The lowest BCUT2D eigenvalue weighted by atomic mass is 10.1. The minimum Gasteiger partial charge on any atom is -0.359 e. The number of carbonyl (C=O) groups is 1. The van der Waals surface area contributed by atoms with E-state index in [0.717, 1.165) is 33.3 Å². The Hall–Kier alpha value is -1.62. The van der Waals surface area contributed by atoms with E-state index in [2.05, 4.69) is 15.3 Å². The second-order valence-corrected chi connectivity index (χ2v) is 6.00. The van der Waals surface area contributed by atoms with Crippen LogP contribution in [0.5, 0.6) is 0 Å². The Morgan fingerprint density at radius 3 is 2.79 bits per heavy atom. The zero-order valence-corrected chi connectivity index (χ0v) is 12.1. The maximum atomic E-state index is 11.6. The number of carbonyl (C=O) groups excluding carboxylic acids is 1. The molecule has 3 rings (SSSR count). The maximum Gasteiger partial charge on any atom is 0.183 e. The molecule has 1 saturated carbocycles. The molecule has 0 radical (unpaired) electrons. The summed E-state index contributed by atoms with van der Waals surface area (Å²) in [5.74, 6) is 0.101. The van der Waals surface area contributed by atoms with Gasteiger partial charge in [0.15, 0.2) is 10.9 Å². The first-order valence-electron chi connectivity index (χ1n) is 6.49. The predicted molar refractivity (Wildman–Crippen MR) is 78.0 cm³/mol. The third-order valence-corrected chi connectivity index (χ3v) is 4.23. The average molecular weight is 275 g/mol. The quantitative estimate of drug-likeness (QED) is 0.839. The van der Waals surface area contributed by atoms with Crippen molar-refractivity contribution in [2.45, 2.75) is 39.7 Å². The zero-order valence-electron chi connectivity index (χ0n) is 11.3. The number of nitrogens with one attached hydrogen (secondary N) is 2. The van der Waals surface area contributed by atoms with Crippen molar-refractivity contribution in [3.05, 3.63) is 22.2 Å². The molecule has 2 aromatic heterocycles. The molecule has 0 aliphatic heterocycles. The van der Waals surface area contributed by atoms with Crippen LogP contribution in [0.1, 0.15) is 41.4 Å². The largest absolute Gasteiger partial charge is 0.359 e. The molecule has 0 spiro atoms. The number of aromatic amines is 1. The summed E-state index contributed by atoms with van der Waals surface area (Å²) >= 11 is 1.62. The molecule has 0 amide bonds. The summed E-state index contributed by atoms with van der Waals surface area (Å²) in [4.78, 5) is 19.5. The van der Waals surface area contributed by atoms with Gasteiger partial charge in [0, 0.05) is 22.7 Å². The highest BCUT2D eigenvalue weighted by Gasteiger charge is 2.23. The van der Waals surface area contributed by atoms with Crippen LogP contribution in [0, 0.1) is 13.8 Å². The third-order valence-electron chi connectivity index (χ3n) is 3.45. The monoisotopic (exact) mass is 275 g/mol. The number of aromatic nitrogens is 2. The van der Waals surface area contributed by atoms with Crippen LogP contribution in [0.25, 0.3) is 11.4 Å². The molecule has 5 heteroatoms. The van der Waals surface area contributed by atoms with Gasteiger partial charge in [-0.2, -0.15) is 0 Å². The highest BCUT2D eigenvalue weighted by molar-refractivity contribution is 7.14. The minimum atomic E-state index is 0.101. The van der Waals surface area contributed by atoms with E-state index >= 15 is 0 Å². The minimum absolute atomic E-state index is 0.101. The van der Waals surface area contributed by atoms with Crippen LogP contribution in [0.4, 0.5) is 5.13 Å². The van der Waals surface area contributed by atoms with E-state index in [9.17, 15) is 4.79 Å². The number of rotatable bonds is 4. The van der Waals surface area contributed by atoms with E-state index in [1.165, 1.54) is 12.8 Å². The van der Waals surface area contributed by atoms with E-state index in [-0.39, 0.29) is 5.78 Å². The summed E-state index contributed by atoms with van der Waals surface area (Å²) in [5, 5.41) is 6.40. The molecule has 0 saturated heterocycles. The molecule has 0 bridgehead atoms. The Morgan fingerprint density at radius 1 is 1.47 bits per heavy atom. The first-order valence-corrected chi connectivity index (χ1v) is 7.36. The van der Waals surface area contributed by atoms with Crippen molar-refractivity contribution in [2.75, 3.05) is 5.32 Å². The average Bonchev–Trinajstić information content (AvgIpc) is 2.93. The number of aryl methyl sites for hydroxylation is 1. The van der Waals surface area contributed by atoms with E-state index in [1.807, 2.05) is 19.2 Å². The lowest BCUT2D eigenvalue weighted by molar-refractivity contribution is 0.101. The van der Waals surface area contributed by atoms with Gasteiger partial charge in [-0.25, -0.2) is 4.98 Å². The molecule has 0 atom stereocenters. The Labute approximate surface area is 116 Å². The molecule has 4 nitrogen and oxygen atoms in total. The molecule has 2 aromatic rings. The van der Waals surface area contributed by atoms with Crippen molar-refractivity contribution in [1.82, 2.24) is 9.97 Å². The van der Waals surface area contributed by atoms with Crippen LogP contribution in [0.2, 0.25) is 0 Å². The van der Waals surface area contributed by atoms with Crippen molar-refractivity contribution < 1.29 is 4.79 Å². The van der Waals surface area contributed by atoms with Gasteiger partial charge in [-0.1, -0.05) is 0 Å². The Kier molecular flexibility index (Phi) is 2.93. The van der Waals surface area contributed by atoms with E-state index in [0.29, 0.717) is 6.04 Å². The Morgan fingerprint density at radius 2 is 2.21 bits per heavy atom. The highest BCUT2D eigenvalue weighted by Crippen LogP contribution is 2.32. The van der Waals surface area contributed by atoms with Crippen LogP contribution in [0.3, 0.4) is 0 Å². The lowest BCUT2D eigenvalue weighted by Gasteiger charge is -1.98. The number of nitrogens with zero attached hydrogens (tertiary/aromatic N) is 1. The summed E-state index contributed by atoms with van der Waals surface area (Å²) in [7, 11) is 0. The third kappa shape index (κ3) is 2.30. The van der Waals surface area contributed by atoms with Crippen molar-refractivity contribution in [1.29, 1.82) is 0 Å². The topological polar surface area (TPSA) is 57.8 Å². The van der Waals surface area contributed by atoms with Crippen LogP contribution in [-0.4, -0.2) is 21.8 Å². The second kappa shape index (κ2) is 4.49. The Balaban J connectivity index is 1.94. The number of Topliss-reactive ketones (excluding diaryl/α,β-unsaturated/α-hetero) is 1. The van der Waals surface area contributed by atoms with Crippen molar-refractivity contribution in [3.8, 4) is 11.4 Å². The SMILES string of the molecule is CC(=O)c1c(C)[nH]c(-c2csc(NC3CC3)n2)c1C. The number of ketones is 1. The lowest BCUT2D eigenvalue weighted by Crippen LogP contribution is -1.99. The van der Waals surface area contributed by atoms with Crippen LogP contribution < -0.4 is 5.32 Å². The van der Waals surface area contributed by atoms with Crippen molar-refractivity contribution >= 4 is 22.3 Å². The molecule has 2 heterocycles. The molecule has 0 aromatic carbocycles. The first-order chi connectivity index (χ1) is 9.06. The first kappa shape index (κ1) is 12.4. The molecule has 1 aliphatic rings. The smallest absolute Gasteiger partial charge is 0.183 e. The van der Waals surface area contributed by atoms with Gasteiger partial charge in [0.2, 0.25) is 0 Å². The zero-order chi connectivity index (χ0) is 13.6. The van der Waals surface area contributed by atoms with Crippen molar-refractivity contribution in [3.63, 3.8) is 0 Å². The summed E-state index contributed by atoms with van der Waals surface area (Å²) in [6.07, 6.45) is 2.48. The van der Waals surface area contributed by atoms with Gasteiger partial charge in [0.1, 0.15) is 5.69 Å². The molecular formula is C14H17N3OS. The summed E-state index contributed by atoms with van der Waals surface area (Å²) in [5.41, 5.74) is 4.58. The van der Waals surface area contributed by atoms with E-state index in [4.69, 9.17) is 0 Å². The number of H-pyrrole nitrogens is 1. The number of anilines is 1. The predicted octanol–water partition coefficient (Wildman–Crippen LogP) is 3.53. The molecule has 1 aliphatic carbocycles. The maximum absolute atomic E-state index is 11.6. The fraction of sp³-hybridized carbons (Fsp3) is 0.429. The van der Waals surface area contributed by atoms with Crippen LogP contribution in [0.15, 0.2) is 5.38 Å². The number of hydrogen-bond donors (Lipinski definition) is 2. The highest BCUT2D eigenvalue weighted by atomic mass is 32.1. The molecule has 100 valence electrons. The van der Waals surface area contributed by atoms with Crippen LogP contribution >= 0.6 is 11.3 Å². The van der Waals surface area contributed by atoms with Crippen molar-refractivity contribution in [2.24, 2.45) is 0 Å². The van der Waals surface area contributed by atoms with Gasteiger partial charge in [0.05, 0.1) is 5.69 Å². The molecule has 0 unspecified atom stereocenters. The van der Waals surface area contributed by atoms with Gasteiger partial charge in [-0.05, 0) is 39.2 Å². The van der Waals surface area contributed by atoms with E-state index < -0.39 is 0 Å². The van der Waals surface area contributed by atoms with Crippen LogP contribution in [-0.2, 0) is 0 Å². The second-order valence-electron chi connectivity index (χ2n) is 5.14. The Bertz CT molecular complexity index is 637. The van der Waals surface area contributed by atoms with E-state index in [1.54, 1.807) is 18.3 Å². The molecule has 1 fully saturated rings. The molecular weight excluding hydrogens is 258 g/mol. The number of thiazole rings is 1. The summed E-state index contributed by atoms with van der Waals surface area (Å²) < 4.78 is 0. The van der Waals surface area contributed by atoms with Gasteiger partial charge >= 0.3 is 0 Å². The molecule has 2 N–H and O–H groups in total. The normalized spacial score (nSPS) is 14.7. The molecule has 19 heavy (non-hydrogen) atoms. The van der Waals surface area contributed by atoms with Gasteiger partial charge in [0.25, 0.3) is 0 Å². The summed E-state index contributed by atoms with van der Waals surface area (Å²) in [6.45, 7) is 5.51. The van der Waals surface area contributed by atoms with Gasteiger partial charge < -0.3 is 10.3 Å².